The van der Waals surface area contributed by atoms with E-state index in [1.165, 1.54) is 28.2 Å². The minimum absolute atomic E-state index is 0.113. The Balaban J connectivity index is 1.53. The van der Waals surface area contributed by atoms with E-state index >= 15 is 0 Å². The highest BCUT2D eigenvalue weighted by atomic mass is 19.1. The average molecular weight is 412 g/mol. The molecule has 2 aliphatic rings. The number of imide groups is 1. The second kappa shape index (κ2) is 7.84. The number of fused-ring (bicyclic) bond motifs is 1. The predicted octanol–water partition coefficient (Wildman–Crippen LogP) is 4.16. The topological polar surface area (TPSA) is 40.6 Å². The van der Waals surface area contributed by atoms with Crippen molar-refractivity contribution < 1.29 is 14.0 Å². The maximum absolute atomic E-state index is 13.5. The molecule has 0 N–H and O–H groups in total. The van der Waals surface area contributed by atoms with Crippen LogP contribution >= 0.6 is 0 Å². The van der Waals surface area contributed by atoms with Gasteiger partial charge in [0.05, 0.1) is 12.1 Å². The van der Waals surface area contributed by atoms with Gasteiger partial charge in [0.2, 0.25) is 0 Å². The van der Waals surface area contributed by atoms with Crippen LogP contribution in [0.2, 0.25) is 0 Å². The van der Waals surface area contributed by atoms with Gasteiger partial charge in [-0.05, 0) is 40.8 Å². The molecule has 2 aliphatic heterocycles. The first-order valence-electron chi connectivity index (χ1n) is 10.3. The van der Waals surface area contributed by atoms with Crippen LogP contribution in [0.5, 0.6) is 0 Å². The SMILES string of the molecule is O=C1C(c2ccccc2)=C(N2CCc3ccccc3C2)C(=O)N1Cc1ccc(F)cc1. The van der Waals surface area contributed by atoms with Gasteiger partial charge in [-0.2, -0.15) is 0 Å². The quantitative estimate of drug-likeness (QED) is 0.604. The predicted molar refractivity (Wildman–Crippen MR) is 116 cm³/mol. The van der Waals surface area contributed by atoms with Gasteiger partial charge in [-0.3, -0.25) is 14.5 Å². The summed E-state index contributed by atoms with van der Waals surface area (Å²) in [5, 5.41) is 0. The summed E-state index contributed by atoms with van der Waals surface area (Å²) in [6.07, 6.45) is 0.821. The van der Waals surface area contributed by atoms with Gasteiger partial charge in [0.15, 0.2) is 0 Å². The molecular weight excluding hydrogens is 391 g/mol. The number of carbonyl (C=O) groups is 2. The van der Waals surface area contributed by atoms with E-state index in [1.54, 1.807) is 12.1 Å². The lowest BCUT2D eigenvalue weighted by Gasteiger charge is -2.31. The van der Waals surface area contributed by atoms with Crippen LogP contribution in [0.3, 0.4) is 0 Å². The fourth-order valence-corrected chi connectivity index (χ4v) is 4.32. The van der Waals surface area contributed by atoms with Gasteiger partial charge in [-0.25, -0.2) is 4.39 Å². The number of amides is 2. The van der Waals surface area contributed by atoms with E-state index in [2.05, 4.69) is 12.1 Å². The van der Waals surface area contributed by atoms with Crippen molar-refractivity contribution >= 4 is 17.4 Å². The molecule has 0 radical (unpaired) electrons. The smallest absolute Gasteiger partial charge is 0.278 e. The monoisotopic (exact) mass is 412 g/mol. The fourth-order valence-electron chi connectivity index (χ4n) is 4.32. The maximum Gasteiger partial charge on any atom is 0.278 e. The molecule has 0 atom stereocenters. The number of nitrogens with zero attached hydrogens (tertiary/aromatic N) is 2. The van der Waals surface area contributed by atoms with Crippen molar-refractivity contribution in [2.24, 2.45) is 0 Å². The van der Waals surface area contributed by atoms with Gasteiger partial charge < -0.3 is 4.90 Å². The van der Waals surface area contributed by atoms with E-state index in [0.717, 1.165) is 12.0 Å². The molecule has 31 heavy (non-hydrogen) atoms. The highest BCUT2D eigenvalue weighted by Crippen LogP contribution is 2.35. The summed E-state index contributed by atoms with van der Waals surface area (Å²) in [5.74, 6) is -0.958. The van der Waals surface area contributed by atoms with E-state index in [1.807, 2.05) is 47.4 Å². The summed E-state index contributed by atoms with van der Waals surface area (Å²) in [5.41, 5.74) is 4.78. The molecule has 0 aliphatic carbocycles. The zero-order valence-corrected chi connectivity index (χ0v) is 16.9. The molecule has 3 aromatic carbocycles. The summed E-state index contributed by atoms with van der Waals surface area (Å²) in [6.45, 7) is 1.37. The van der Waals surface area contributed by atoms with Crippen molar-refractivity contribution in [1.82, 2.24) is 9.80 Å². The standard InChI is InChI=1S/C26H21FN2O2/c27-22-12-10-18(11-13-22)16-29-25(30)23(20-7-2-1-3-8-20)24(26(29)31)28-15-14-19-6-4-5-9-21(19)17-28/h1-13H,14-17H2. The van der Waals surface area contributed by atoms with Crippen molar-refractivity contribution in [1.29, 1.82) is 0 Å². The van der Waals surface area contributed by atoms with Crippen LogP contribution in [-0.4, -0.2) is 28.2 Å². The Morgan fingerprint density at radius 3 is 2.19 bits per heavy atom. The van der Waals surface area contributed by atoms with Gasteiger partial charge in [0, 0.05) is 13.1 Å². The van der Waals surface area contributed by atoms with Crippen molar-refractivity contribution in [2.45, 2.75) is 19.5 Å². The molecule has 0 spiro atoms. The number of benzene rings is 3. The maximum atomic E-state index is 13.5. The summed E-state index contributed by atoms with van der Waals surface area (Å²) in [4.78, 5) is 30.2. The lowest BCUT2D eigenvalue weighted by Crippen LogP contribution is -2.37. The third kappa shape index (κ3) is 3.52. The third-order valence-electron chi connectivity index (χ3n) is 5.91. The van der Waals surface area contributed by atoms with Crippen LogP contribution in [0.4, 0.5) is 4.39 Å². The number of carbonyl (C=O) groups excluding carboxylic acids is 2. The van der Waals surface area contributed by atoms with Gasteiger partial charge in [-0.15, -0.1) is 0 Å². The largest absolute Gasteiger partial charge is 0.362 e. The highest BCUT2D eigenvalue weighted by Gasteiger charge is 2.42. The van der Waals surface area contributed by atoms with Gasteiger partial charge in [-0.1, -0.05) is 66.7 Å². The average Bonchev–Trinajstić information content (AvgIpc) is 3.05. The molecule has 0 fully saturated rings. The summed E-state index contributed by atoms with van der Waals surface area (Å²) in [6, 6.07) is 23.4. The molecule has 0 bridgehead atoms. The van der Waals surface area contributed by atoms with E-state index in [-0.39, 0.29) is 24.2 Å². The van der Waals surface area contributed by atoms with E-state index in [4.69, 9.17) is 0 Å². The van der Waals surface area contributed by atoms with Gasteiger partial charge in [0.1, 0.15) is 11.5 Å². The fraction of sp³-hybridized carbons (Fsp3) is 0.154. The number of rotatable bonds is 4. The lowest BCUT2D eigenvalue weighted by atomic mass is 9.98. The van der Waals surface area contributed by atoms with Crippen LogP contribution in [0.1, 0.15) is 22.3 Å². The minimum Gasteiger partial charge on any atom is -0.362 e. The van der Waals surface area contributed by atoms with Crippen LogP contribution in [-0.2, 0) is 29.1 Å². The van der Waals surface area contributed by atoms with Crippen LogP contribution in [0.15, 0.2) is 84.6 Å². The van der Waals surface area contributed by atoms with Gasteiger partial charge >= 0.3 is 0 Å². The number of halogens is 1. The molecule has 3 aromatic rings. The van der Waals surface area contributed by atoms with Gasteiger partial charge in [0.25, 0.3) is 11.8 Å². The zero-order valence-electron chi connectivity index (χ0n) is 16.9. The van der Waals surface area contributed by atoms with Crippen LogP contribution in [0.25, 0.3) is 5.57 Å². The summed E-state index contributed by atoms with van der Waals surface area (Å²) >= 11 is 0. The first-order valence-corrected chi connectivity index (χ1v) is 10.3. The number of hydrogen-bond acceptors (Lipinski definition) is 3. The summed E-state index contributed by atoms with van der Waals surface area (Å²) < 4.78 is 13.3. The lowest BCUT2D eigenvalue weighted by molar-refractivity contribution is -0.138. The zero-order chi connectivity index (χ0) is 21.4. The normalized spacial score (nSPS) is 16.2. The molecule has 0 aromatic heterocycles. The van der Waals surface area contributed by atoms with Crippen LogP contribution in [0, 0.1) is 5.82 Å². The Labute approximate surface area is 180 Å². The van der Waals surface area contributed by atoms with Crippen molar-refractivity contribution in [2.75, 3.05) is 6.54 Å². The second-order valence-electron chi connectivity index (χ2n) is 7.85. The molecule has 0 saturated carbocycles. The highest BCUT2D eigenvalue weighted by molar-refractivity contribution is 6.35. The van der Waals surface area contributed by atoms with Crippen LogP contribution < -0.4 is 0 Å². The van der Waals surface area contributed by atoms with E-state index in [9.17, 15) is 14.0 Å². The molecular formula is C26H21FN2O2. The number of hydrogen-bond donors (Lipinski definition) is 0. The Morgan fingerprint density at radius 1 is 0.774 bits per heavy atom. The van der Waals surface area contributed by atoms with Crippen molar-refractivity contribution in [3.8, 4) is 0 Å². The first kappa shape index (κ1) is 19.2. The Morgan fingerprint density at radius 2 is 1.45 bits per heavy atom. The third-order valence-corrected chi connectivity index (χ3v) is 5.91. The molecule has 2 heterocycles. The van der Waals surface area contributed by atoms with Crippen molar-refractivity contribution in [3.05, 3.63) is 113 Å². The second-order valence-corrected chi connectivity index (χ2v) is 7.85. The molecule has 5 rings (SSSR count). The Kier molecular flexibility index (Phi) is 4.86. The molecule has 0 saturated heterocycles. The first-order chi connectivity index (χ1) is 15.1. The van der Waals surface area contributed by atoms with Crippen molar-refractivity contribution in [3.63, 3.8) is 0 Å². The van der Waals surface area contributed by atoms with E-state index < -0.39 is 0 Å². The Bertz CT molecular complexity index is 1190. The molecule has 4 nitrogen and oxygen atoms in total. The minimum atomic E-state index is -0.349. The summed E-state index contributed by atoms with van der Waals surface area (Å²) in [7, 11) is 0. The molecule has 5 heteroatoms. The Hall–Kier alpha value is -3.73. The molecule has 0 unspecified atom stereocenters. The van der Waals surface area contributed by atoms with E-state index in [0.29, 0.717) is 29.9 Å². The molecule has 154 valence electrons. The molecule has 2 amide bonds.